The first-order valence-electron chi connectivity index (χ1n) is 6.51. The second-order valence-corrected chi connectivity index (χ2v) is 4.78. The Morgan fingerprint density at radius 1 is 1.44 bits per heavy atom. The molecule has 1 rings (SSSR count). The van der Waals surface area contributed by atoms with E-state index in [0.29, 0.717) is 23.8 Å². The molecule has 0 saturated carbocycles. The van der Waals surface area contributed by atoms with Crippen LogP contribution in [-0.4, -0.2) is 28.9 Å². The van der Waals surface area contributed by atoms with Crippen molar-refractivity contribution in [1.82, 2.24) is 9.88 Å². The van der Waals surface area contributed by atoms with Crippen LogP contribution in [0, 0.1) is 12.8 Å². The molecule has 4 heteroatoms. The summed E-state index contributed by atoms with van der Waals surface area (Å²) in [5.74, 6) is 0.946. The van der Waals surface area contributed by atoms with E-state index in [-0.39, 0.29) is 5.91 Å². The summed E-state index contributed by atoms with van der Waals surface area (Å²) in [5.41, 5.74) is 7.09. The Balaban J connectivity index is 2.89. The molecular weight excluding hydrogens is 226 g/mol. The molecule has 0 aliphatic rings. The van der Waals surface area contributed by atoms with E-state index in [1.807, 2.05) is 18.7 Å². The Morgan fingerprint density at radius 2 is 2.11 bits per heavy atom. The molecule has 0 aliphatic heterocycles. The number of aryl methyl sites for hydroxylation is 1. The van der Waals surface area contributed by atoms with Crippen LogP contribution < -0.4 is 5.73 Å². The molecule has 1 amide bonds. The van der Waals surface area contributed by atoms with Gasteiger partial charge in [0.15, 0.2) is 0 Å². The van der Waals surface area contributed by atoms with Crippen molar-refractivity contribution in [3.05, 3.63) is 23.4 Å². The maximum absolute atomic E-state index is 12.4. The Morgan fingerprint density at radius 3 is 2.61 bits per heavy atom. The van der Waals surface area contributed by atoms with Gasteiger partial charge in [0.1, 0.15) is 5.82 Å². The molecule has 1 aromatic heterocycles. The molecular formula is C14H23N3O. The van der Waals surface area contributed by atoms with Crippen LogP contribution in [0.2, 0.25) is 0 Å². The summed E-state index contributed by atoms with van der Waals surface area (Å²) in [6.07, 6.45) is 1.07. The molecule has 0 spiro atoms. The third-order valence-corrected chi connectivity index (χ3v) is 3.12. The fourth-order valence-corrected chi connectivity index (χ4v) is 1.86. The smallest absolute Gasteiger partial charge is 0.254 e. The topological polar surface area (TPSA) is 59.2 Å². The van der Waals surface area contributed by atoms with E-state index >= 15 is 0 Å². The van der Waals surface area contributed by atoms with Gasteiger partial charge in [0, 0.05) is 24.3 Å². The Bertz CT molecular complexity index is 397. The minimum Gasteiger partial charge on any atom is -0.384 e. The maximum atomic E-state index is 12.4. The first-order chi connectivity index (χ1) is 8.47. The minimum absolute atomic E-state index is 0.0370. The van der Waals surface area contributed by atoms with E-state index in [1.54, 1.807) is 12.1 Å². The lowest BCUT2D eigenvalue weighted by Crippen LogP contribution is -2.34. The monoisotopic (exact) mass is 249 g/mol. The fourth-order valence-electron chi connectivity index (χ4n) is 1.86. The number of nitrogen functional groups attached to an aromatic ring is 1. The van der Waals surface area contributed by atoms with Crippen molar-refractivity contribution < 1.29 is 4.79 Å². The van der Waals surface area contributed by atoms with Crippen molar-refractivity contribution >= 4 is 11.7 Å². The van der Waals surface area contributed by atoms with Crippen molar-refractivity contribution in [1.29, 1.82) is 0 Å². The highest BCUT2D eigenvalue weighted by Gasteiger charge is 2.17. The van der Waals surface area contributed by atoms with Crippen LogP contribution in [0.4, 0.5) is 5.82 Å². The van der Waals surface area contributed by atoms with Crippen LogP contribution in [0.15, 0.2) is 12.1 Å². The van der Waals surface area contributed by atoms with Gasteiger partial charge < -0.3 is 10.6 Å². The molecule has 0 radical (unpaired) electrons. The number of amides is 1. The largest absolute Gasteiger partial charge is 0.384 e. The van der Waals surface area contributed by atoms with Gasteiger partial charge in [-0.1, -0.05) is 20.3 Å². The molecule has 1 unspecified atom stereocenters. The molecule has 100 valence electrons. The average Bonchev–Trinajstić information content (AvgIpc) is 2.33. The van der Waals surface area contributed by atoms with E-state index in [9.17, 15) is 4.79 Å². The summed E-state index contributed by atoms with van der Waals surface area (Å²) in [7, 11) is 0. The summed E-state index contributed by atoms with van der Waals surface area (Å²) in [4.78, 5) is 18.3. The third-order valence-electron chi connectivity index (χ3n) is 3.12. The average molecular weight is 249 g/mol. The highest BCUT2D eigenvalue weighted by atomic mass is 16.2. The molecule has 0 aliphatic carbocycles. The van der Waals surface area contributed by atoms with Gasteiger partial charge in [-0.15, -0.1) is 0 Å². The van der Waals surface area contributed by atoms with E-state index in [1.165, 1.54) is 0 Å². The van der Waals surface area contributed by atoms with E-state index < -0.39 is 0 Å². The molecule has 1 aromatic rings. The van der Waals surface area contributed by atoms with Gasteiger partial charge in [-0.2, -0.15) is 0 Å². The maximum Gasteiger partial charge on any atom is 0.254 e. The number of nitrogens with two attached hydrogens (primary N) is 1. The van der Waals surface area contributed by atoms with Crippen LogP contribution in [-0.2, 0) is 0 Å². The lowest BCUT2D eigenvalue weighted by Gasteiger charge is -2.24. The molecule has 0 aromatic carbocycles. The summed E-state index contributed by atoms with van der Waals surface area (Å²) in [6, 6.07) is 3.44. The molecule has 1 heterocycles. The van der Waals surface area contributed by atoms with Gasteiger partial charge in [-0.3, -0.25) is 4.79 Å². The number of aromatic nitrogens is 1. The third kappa shape index (κ3) is 3.72. The number of carbonyl (C=O) groups is 1. The number of anilines is 1. The standard InChI is InChI=1S/C14H23N3O/c1-5-10(3)9-17(6-2)14(18)12-7-11(4)16-13(15)8-12/h7-8,10H,5-6,9H2,1-4H3,(H2,15,16). The van der Waals surface area contributed by atoms with E-state index in [2.05, 4.69) is 18.8 Å². The van der Waals surface area contributed by atoms with Crippen molar-refractivity contribution in [2.75, 3.05) is 18.8 Å². The van der Waals surface area contributed by atoms with Crippen molar-refractivity contribution in [2.45, 2.75) is 34.1 Å². The molecule has 1 atom stereocenters. The van der Waals surface area contributed by atoms with Gasteiger partial charge in [0.05, 0.1) is 0 Å². The lowest BCUT2D eigenvalue weighted by atomic mass is 10.1. The minimum atomic E-state index is 0.0370. The fraction of sp³-hybridized carbons (Fsp3) is 0.571. The zero-order valence-electron chi connectivity index (χ0n) is 11.7. The molecule has 0 bridgehead atoms. The normalized spacial score (nSPS) is 12.2. The molecule has 2 N–H and O–H groups in total. The van der Waals surface area contributed by atoms with Gasteiger partial charge >= 0.3 is 0 Å². The summed E-state index contributed by atoms with van der Waals surface area (Å²) in [5, 5.41) is 0. The Kier molecular flexibility index (Phi) is 5.13. The number of hydrogen-bond donors (Lipinski definition) is 1. The van der Waals surface area contributed by atoms with Crippen molar-refractivity contribution in [2.24, 2.45) is 5.92 Å². The predicted octanol–water partition coefficient (Wildman–Crippen LogP) is 2.48. The first kappa shape index (κ1) is 14.5. The number of rotatable bonds is 5. The quantitative estimate of drug-likeness (QED) is 0.872. The number of pyridine rings is 1. The number of carbonyl (C=O) groups excluding carboxylic acids is 1. The lowest BCUT2D eigenvalue weighted by molar-refractivity contribution is 0.0740. The van der Waals surface area contributed by atoms with Crippen LogP contribution >= 0.6 is 0 Å². The van der Waals surface area contributed by atoms with Crippen LogP contribution in [0.3, 0.4) is 0 Å². The highest BCUT2D eigenvalue weighted by molar-refractivity contribution is 5.95. The summed E-state index contributed by atoms with van der Waals surface area (Å²) < 4.78 is 0. The Labute approximate surface area is 109 Å². The SMILES string of the molecule is CCC(C)CN(CC)C(=O)c1cc(C)nc(N)c1. The first-order valence-corrected chi connectivity index (χ1v) is 6.51. The van der Waals surface area contributed by atoms with Gasteiger partial charge in [0.25, 0.3) is 5.91 Å². The van der Waals surface area contributed by atoms with Crippen molar-refractivity contribution in [3.8, 4) is 0 Å². The predicted molar refractivity (Wildman–Crippen MR) is 74.4 cm³/mol. The zero-order valence-corrected chi connectivity index (χ0v) is 11.7. The molecule has 0 saturated heterocycles. The summed E-state index contributed by atoms with van der Waals surface area (Å²) >= 11 is 0. The second kappa shape index (κ2) is 6.38. The van der Waals surface area contributed by atoms with Crippen LogP contribution in [0.1, 0.15) is 43.2 Å². The Hall–Kier alpha value is -1.58. The van der Waals surface area contributed by atoms with Crippen LogP contribution in [0.25, 0.3) is 0 Å². The van der Waals surface area contributed by atoms with Gasteiger partial charge in [0.2, 0.25) is 0 Å². The van der Waals surface area contributed by atoms with Crippen LogP contribution in [0.5, 0.6) is 0 Å². The highest BCUT2D eigenvalue weighted by Crippen LogP contribution is 2.12. The zero-order chi connectivity index (χ0) is 13.7. The second-order valence-electron chi connectivity index (χ2n) is 4.78. The van der Waals surface area contributed by atoms with Gasteiger partial charge in [-0.25, -0.2) is 4.98 Å². The molecule has 18 heavy (non-hydrogen) atoms. The molecule has 4 nitrogen and oxygen atoms in total. The van der Waals surface area contributed by atoms with E-state index in [4.69, 9.17) is 5.73 Å². The van der Waals surface area contributed by atoms with Crippen molar-refractivity contribution in [3.63, 3.8) is 0 Å². The number of hydrogen-bond acceptors (Lipinski definition) is 3. The summed E-state index contributed by atoms with van der Waals surface area (Å²) in [6.45, 7) is 9.63. The van der Waals surface area contributed by atoms with Gasteiger partial charge in [-0.05, 0) is 31.9 Å². The van der Waals surface area contributed by atoms with E-state index in [0.717, 1.165) is 18.7 Å². The number of nitrogens with zero attached hydrogens (tertiary/aromatic N) is 2. The molecule has 0 fully saturated rings.